The zero-order chi connectivity index (χ0) is 14.4. The molecule has 1 aromatic rings. The van der Waals surface area contributed by atoms with Gasteiger partial charge in [-0.1, -0.05) is 26.2 Å². The molecule has 20 heavy (non-hydrogen) atoms. The number of anilines is 1. The van der Waals surface area contributed by atoms with E-state index in [0.717, 1.165) is 12.5 Å². The fraction of sp³-hybridized carbons (Fsp3) is 0.643. The van der Waals surface area contributed by atoms with Crippen LogP contribution in [0, 0.1) is 11.8 Å². The molecule has 0 bridgehead atoms. The summed E-state index contributed by atoms with van der Waals surface area (Å²) in [6, 6.07) is 0. The maximum atomic E-state index is 12.0. The lowest BCUT2D eigenvalue weighted by molar-refractivity contribution is 0.0936. The Bertz CT molecular complexity index is 443. The maximum absolute atomic E-state index is 12.0. The van der Waals surface area contributed by atoms with E-state index in [1.54, 1.807) is 0 Å². The van der Waals surface area contributed by atoms with E-state index >= 15 is 0 Å². The zero-order valence-electron chi connectivity index (χ0n) is 11.9. The smallest absolute Gasteiger partial charge is 0.271 e. The van der Waals surface area contributed by atoms with E-state index in [1.165, 1.54) is 44.5 Å². The highest BCUT2D eigenvalue weighted by Gasteiger charge is 2.20. The Hall–Kier alpha value is -1.69. The number of aromatic nitrogens is 2. The molecule has 1 amide bonds. The van der Waals surface area contributed by atoms with Gasteiger partial charge in [-0.3, -0.25) is 9.78 Å². The summed E-state index contributed by atoms with van der Waals surface area (Å²) in [4.78, 5) is 20.0. The minimum absolute atomic E-state index is 0.188. The van der Waals surface area contributed by atoms with E-state index in [2.05, 4.69) is 27.6 Å². The van der Waals surface area contributed by atoms with Gasteiger partial charge in [-0.2, -0.15) is 0 Å². The molecule has 0 aliphatic heterocycles. The molecule has 1 aromatic heterocycles. The molecule has 1 fully saturated rings. The summed E-state index contributed by atoms with van der Waals surface area (Å²) >= 11 is 0. The van der Waals surface area contributed by atoms with E-state index in [0.29, 0.717) is 17.4 Å². The van der Waals surface area contributed by atoms with Crippen LogP contribution >= 0.6 is 0 Å². The van der Waals surface area contributed by atoms with Crippen LogP contribution in [0.15, 0.2) is 12.4 Å². The van der Waals surface area contributed by atoms with Gasteiger partial charge in [-0.05, 0) is 24.7 Å². The van der Waals surface area contributed by atoms with Gasteiger partial charge in [0.1, 0.15) is 5.69 Å². The Kier molecular flexibility index (Phi) is 5.29. The van der Waals surface area contributed by atoms with Gasteiger partial charge in [0.15, 0.2) is 5.82 Å². The average molecular weight is 277 g/mol. The lowest BCUT2D eigenvalue weighted by atomic mass is 9.81. The summed E-state index contributed by atoms with van der Waals surface area (Å²) in [5.74, 6) is 6.92. The normalized spacial score (nSPS) is 22.3. The van der Waals surface area contributed by atoms with Crippen molar-refractivity contribution in [3.8, 4) is 0 Å². The van der Waals surface area contributed by atoms with Crippen LogP contribution < -0.4 is 16.6 Å². The number of nitrogen functional groups attached to an aromatic ring is 1. The summed E-state index contributed by atoms with van der Waals surface area (Å²) in [5, 5.41) is 2.94. The molecule has 0 radical (unpaired) electrons. The lowest BCUT2D eigenvalue weighted by Gasteiger charge is -2.27. The van der Waals surface area contributed by atoms with Gasteiger partial charge in [0.2, 0.25) is 0 Å². The molecule has 1 heterocycles. The predicted octanol–water partition coefficient (Wildman–Crippen LogP) is 1.71. The molecular weight excluding hydrogens is 254 g/mol. The Labute approximate surface area is 119 Å². The molecule has 0 aromatic carbocycles. The zero-order valence-corrected chi connectivity index (χ0v) is 11.9. The van der Waals surface area contributed by atoms with E-state index in [1.807, 2.05) is 0 Å². The van der Waals surface area contributed by atoms with Gasteiger partial charge in [0, 0.05) is 6.54 Å². The first-order valence-corrected chi connectivity index (χ1v) is 7.29. The van der Waals surface area contributed by atoms with Crippen LogP contribution in [0.5, 0.6) is 0 Å². The molecule has 2 rings (SSSR count). The van der Waals surface area contributed by atoms with Crippen molar-refractivity contribution >= 4 is 11.7 Å². The number of amides is 1. The van der Waals surface area contributed by atoms with Crippen molar-refractivity contribution in [3.63, 3.8) is 0 Å². The summed E-state index contributed by atoms with van der Waals surface area (Å²) < 4.78 is 0. The first-order valence-electron chi connectivity index (χ1n) is 7.29. The number of hydrazine groups is 1. The van der Waals surface area contributed by atoms with Gasteiger partial charge in [-0.25, -0.2) is 10.8 Å². The minimum atomic E-state index is -0.188. The first-order chi connectivity index (χ1) is 9.72. The van der Waals surface area contributed by atoms with Crippen LogP contribution in [-0.4, -0.2) is 22.4 Å². The van der Waals surface area contributed by atoms with Gasteiger partial charge < -0.3 is 10.7 Å². The molecule has 0 spiro atoms. The minimum Gasteiger partial charge on any atom is -0.350 e. The highest BCUT2D eigenvalue weighted by atomic mass is 16.1. The molecular formula is C14H23N5O. The molecule has 6 heteroatoms. The molecule has 1 aliphatic rings. The molecule has 110 valence electrons. The summed E-state index contributed by atoms with van der Waals surface area (Å²) in [5.41, 5.74) is 2.68. The molecule has 1 saturated carbocycles. The maximum Gasteiger partial charge on any atom is 0.271 e. The van der Waals surface area contributed by atoms with Crippen LogP contribution in [0.1, 0.15) is 49.5 Å². The van der Waals surface area contributed by atoms with Gasteiger partial charge in [-0.15, -0.1) is 0 Å². The number of carbonyl (C=O) groups excluding carboxylic acids is 1. The number of hydrogen-bond donors (Lipinski definition) is 3. The molecule has 1 aliphatic carbocycles. The Morgan fingerprint density at radius 1 is 1.30 bits per heavy atom. The average Bonchev–Trinajstić information content (AvgIpc) is 2.53. The van der Waals surface area contributed by atoms with Crippen molar-refractivity contribution in [2.75, 3.05) is 12.0 Å². The molecule has 0 saturated heterocycles. The summed E-state index contributed by atoms with van der Waals surface area (Å²) in [6.07, 6.45) is 9.16. The van der Waals surface area contributed by atoms with Crippen molar-refractivity contribution in [3.05, 3.63) is 18.1 Å². The topological polar surface area (TPSA) is 92.9 Å². The van der Waals surface area contributed by atoms with E-state index in [4.69, 9.17) is 5.84 Å². The molecule has 6 nitrogen and oxygen atoms in total. The molecule has 0 atom stereocenters. The fourth-order valence-electron chi connectivity index (χ4n) is 2.72. The number of nitrogens with one attached hydrogen (secondary N) is 2. The monoisotopic (exact) mass is 277 g/mol. The predicted molar refractivity (Wildman–Crippen MR) is 77.9 cm³/mol. The van der Waals surface area contributed by atoms with Crippen LogP contribution in [0.3, 0.4) is 0 Å². The molecule has 4 N–H and O–H groups in total. The Morgan fingerprint density at radius 3 is 2.65 bits per heavy atom. The van der Waals surface area contributed by atoms with Crippen molar-refractivity contribution in [1.82, 2.24) is 15.3 Å². The van der Waals surface area contributed by atoms with Crippen molar-refractivity contribution in [1.29, 1.82) is 0 Å². The fourth-order valence-corrected chi connectivity index (χ4v) is 2.72. The number of hydrogen-bond acceptors (Lipinski definition) is 5. The third kappa shape index (κ3) is 3.90. The third-order valence-corrected chi connectivity index (χ3v) is 4.11. The van der Waals surface area contributed by atoms with Crippen LogP contribution in [0.25, 0.3) is 0 Å². The van der Waals surface area contributed by atoms with Gasteiger partial charge >= 0.3 is 0 Å². The second kappa shape index (κ2) is 7.19. The van der Waals surface area contributed by atoms with E-state index in [-0.39, 0.29) is 5.91 Å². The van der Waals surface area contributed by atoms with E-state index < -0.39 is 0 Å². The summed E-state index contributed by atoms with van der Waals surface area (Å²) in [7, 11) is 0. The van der Waals surface area contributed by atoms with Crippen LogP contribution in [0.2, 0.25) is 0 Å². The van der Waals surface area contributed by atoms with Gasteiger partial charge in [0.25, 0.3) is 5.91 Å². The van der Waals surface area contributed by atoms with Crippen LogP contribution in [0.4, 0.5) is 5.82 Å². The van der Waals surface area contributed by atoms with Crippen LogP contribution in [-0.2, 0) is 0 Å². The quantitative estimate of drug-likeness (QED) is 0.563. The third-order valence-electron chi connectivity index (χ3n) is 4.11. The second-order valence-electron chi connectivity index (χ2n) is 5.44. The second-order valence-corrected chi connectivity index (χ2v) is 5.44. The highest BCUT2D eigenvalue weighted by Crippen LogP contribution is 2.30. The van der Waals surface area contributed by atoms with Gasteiger partial charge in [0.05, 0.1) is 12.4 Å². The SMILES string of the molecule is CCC1CCC(CNC(=O)c2cncc(NN)n2)CC1. The first kappa shape index (κ1) is 14.7. The lowest BCUT2D eigenvalue weighted by Crippen LogP contribution is -2.32. The number of nitrogens with two attached hydrogens (primary N) is 1. The molecule has 0 unspecified atom stereocenters. The number of carbonyl (C=O) groups is 1. The number of rotatable bonds is 5. The number of nitrogens with zero attached hydrogens (tertiary/aromatic N) is 2. The Balaban J connectivity index is 1.80. The van der Waals surface area contributed by atoms with E-state index in [9.17, 15) is 4.79 Å². The Morgan fingerprint density at radius 2 is 2.00 bits per heavy atom. The van der Waals surface area contributed by atoms with Crippen molar-refractivity contribution in [2.24, 2.45) is 17.7 Å². The highest BCUT2D eigenvalue weighted by molar-refractivity contribution is 5.92. The standard InChI is InChI=1S/C14H23N5O/c1-2-10-3-5-11(6-4-10)7-17-14(20)12-8-16-9-13(18-12)19-15/h8-11H,2-7,15H2,1H3,(H,17,20)(H,18,19). The van der Waals surface area contributed by atoms with Crippen molar-refractivity contribution < 1.29 is 4.79 Å². The largest absolute Gasteiger partial charge is 0.350 e. The summed E-state index contributed by atoms with van der Waals surface area (Å²) in [6.45, 7) is 2.97. The van der Waals surface area contributed by atoms with Crippen molar-refractivity contribution in [2.45, 2.75) is 39.0 Å².